The number of hydrogen-bond donors (Lipinski definition) is 2. The van der Waals surface area contributed by atoms with E-state index in [1.807, 2.05) is 37.4 Å². The van der Waals surface area contributed by atoms with Crippen LogP contribution in [-0.4, -0.2) is 28.4 Å². The van der Waals surface area contributed by atoms with Crippen molar-refractivity contribution in [1.82, 2.24) is 5.32 Å². The Bertz CT molecular complexity index is 1160. The number of nitrogens with one attached hydrogen (secondary N) is 2. The van der Waals surface area contributed by atoms with E-state index in [-0.39, 0.29) is 11.5 Å². The highest BCUT2D eigenvalue weighted by molar-refractivity contribution is 5.83. The van der Waals surface area contributed by atoms with Crippen LogP contribution < -0.4 is 30.3 Å². The van der Waals surface area contributed by atoms with E-state index in [2.05, 4.69) is 10.6 Å². The molecule has 0 fully saturated rings. The van der Waals surface area contributed by atoms with Crippen LogP contribution in [0.4, 0.5) is 5.69 Å². The summed E-state index contributed by atoms with van der Waals surface area (Å²) in [5.41, 5.74) is 4.28. The van der Waals surface area contributed by atoms with Crippen molar-refractivity contribution in [3.8, 4) is 28.4 Å². The van der Waals surface area contributed by atoms with Crippen molar-refractivity contribution in [1.29, 1.82) is 0 Å². The molecule has 168 valence electrons. The van der Waals surface area contributed by atoms with Crippen LogP contribution in [0.25, 0.3) is 11.1 Å². The first-order valence-electron chi connectivity index (χ1n) is 10.5. The number of ether oxygens (including phenoxy) is 3. The number of benzene rings is 1. The van der Waals surface area contributed by atoms with E-state index >= 15 is 0 Å². The molecular weight excluding hydrogens is 408 g/mol. The monoisotopic (exact) mass is 436 g/mol. The molecule has 7 nitrogen and oxygen atoms in total. The minimum atomic E-state index is -0.0825. The Kier molecular flexibility index (Phi) is 6.37. The second-order valence-corrected chi connectivity index (χ2v) is 7.62. The molecule has 1 atom stereocenters. The van der Waals surface area contributed by atoms with Crippen molar-refractivity contribution < 1.29 is 18.6 Å². The number of anilines is 1. The lowest BCUT2D eigenvalue weighted by molar-refractivity contribution is 0.324. The van der Waals surface area contributed by atoms with Gasteiger partial charge in [0.25, 0.3) is 0 Å². The number of fused-ring (bicyclic) bond motifs is 3. The smallest absolute Gasteiger partial charge is 0.203 e. The predicted octanol–water partition coefficient (Wildman–Crippen LogP) is 4.15. The van der Waals surface area contributed by atoms with Crippen LogP contribution in [0.2, 0.25) is 0 Å². The molecule has 4 rings (SSSR count). The zero-order chi connectivity index (χ0) is 22.7. The van der Waals surface area contributed by atoms with E-state index < -0.39 is 0 Å². The van der Waals surface area contributed by atoms with Crippen molar-refractivity contribution in [3.63, 3.8) is 0 Å². The van der Waals surface area contributed by atoms with Crippen LogP contribution >= 0.6 is 0 Å². The van der Waals surface area contributed by atoms with Gasteiger partial charge in [-0.3, -0.25) is 4.79 Å². The van der Waals surface area contributed by atoms with Crippen LogP contribution in [0.5, 0.6) is 17.2 Å². The number of methoxy groups -OCH3 is 3. The largest absolute Gasteiger partial charge is 0.493 e. The molecule has 0 saturated carbocycles. The van der Waals surface area contributed by atoms with Gasteiger partial charge in [-0.15, -0.1) is 0 Å². The number of furan rings is 1. The SMILES string of the molecule is CNC1CCc2cc(OC)c(OC)c(OC)c2-c2ccc(NCc3ccco3)c(=O)cc21. The fourth-order valence-corrected chi connectivity index (χ4v) is 4.35. The molecule has 1 aliphatic rings. The van der Waals surface area contributed by atoms with Crippen molar-refractivity contribution in [2.75, 3.05) is 33.7 Å². The van der Waals surface area contributed by atoms with Gasteiger partial charge in [0.2, 0.25) is 11.2 Å². The van der Waals surface area contributed by atoms with Crippen molar-refractivity contribution in [2.24, 2.45) is 0 Å². The number of aryl methyl sites for hydroxylation is 1. The van der Waals surface area contributed by atoms with Crippen LogP contribution in [0, 0.1) is 0 Å². The first kappa shape index (κ1) is 21.8. The normalized spacial score (nSPS) is 14.7. The van der Waals surface area contributed by atoms with Crippen molar-refractivity contribution in [3.05, 3.63) is 69.8 Å². The van der Waals surface area contributed by atoms with E-state index in [1.165, 1.54) is 0 Å². The summed E-state index contributed by atoms with van der Waals surface area (Å²) in [5.74, 6) is 2.52. The topological polar surface area (TPSA) is 82.0 Å². The Morgan fingerprint density at radius 3 is 2.53 bits per heavy atom. The Balaban J connectivity index is 1.91. The zero-order valence-electron chi connectivity index (χ0n) is 18.8. The molecule has 0 bridgehead atoms. The third-order valence-electron chi connectivity index (χ3n) is 5.92. The second-order valence-electron chi connectivity index (χ2n) is 7.62. The van der Waals surface area contributed by atoms with Crippen LogP contribution in [-0.2, 0) is 13.0 Å². The highest BCUT2D eigenvalue weighted by Crippen LogP contribution is 2.50. The van der Waals surface area contributed by atoms with E-state index in [0.29, 0.717) is 29.5 Å². The maximum atomic E-state index is 13.1. The highest BCUT2D eigenvalue weighted by atomic mass is 16.5. The van der Waals surface area contributed by atoms with Gasteiger partial charge in [0.15, 0.2) is 11.5 Å². The Morgan fingerprint density at radius 2 is 1.88 bits per heavy atom. The van der Waals surface area contributed by atoms with E-state index in [4.69, 9.17) is 18.6 Å². The summed E-state index contributed by atoms with van der Waals surface area (Å²) < 4.78 is 22.4. The summed E-state index contributed by atoms with van der Waals surface area (Å²) in [5, 5.41) is 6.56. The Labute approximate surface area is 187 Å². The molecule has 7 heteroatoms. The van der Waals surface area contributed by atoms with Gasteiger partial charge in [-0.2, -0.15) is 0 Å². The molecule has 32 heavy (non-hydrogen) atoms. The van der Waals surface area contributed by atoms with Gasteiger partial charge in [0.1, 0.15) is 5.76 Å². The van der Waals surface area contributed by atoms with Crippen LogP contribution in [0.3, 0.4) is 0 Å². The molecular formula is C25H28N2O5. The molecule has 1 aromatic heterocycles. The molecule has 3 aromatic rings. The summed E-state index contributed by atoms with van der Waals surface area (Å²) in [6, 6.07) is 11.2. The third-order valence-corrected chi connectivity index (χ3v) is 5.92. The van der Waals surface area contributed by atoms with Crippen molar-refractivity contribution in [2.45, 2.75) is 25.4 Å². The number of rotatable bonds is 7. The molecule has 0 saturated heterocycles. The van der Waals surface area contributed by atoms with Gasteiger partial charge in [-0.1, -0.05) is 6.07 Å². The van der Waals surface area contributed by atoms with Gasteiger partial charge in [0, 0.05) is 11.6 Å². The third kappa shape index (κ3) is 3.91. The maximum Gasteiger partial charge on any atom is 0.203 e. The highest BCUT2D eigenvalue weighted by Gasteiger charge is 2.28. The lowest BCUT2D eigenvalue weighted by Gasteiger charge is -2.19. The fourth-order valence-electron chi connectivity index (χ4n) is 4.35. The van der Waals surface area contributed by atoms with Crippen LogP contribution in [0.1, 0.15) is 29.3 Å². The van der Waals surface area contributed by atoms with Gasteiger partial charge in [-0.25, -0.2) is 0 Å². The van der Waals surface area contributed by atoms with Crippen molar-refractivity contribution >= 4 is 5.69 Å². The molecule has 2 N–H and O–H groups in total. The summed E-state index contributed by atoms with van der Waals surface area (Å²) in [7, 11) is 6.75. The molecule has 1 aliphatic carbocycles. The first-order chi connectivity index (χ1) is 15.6. The molecule has 0 aliphatic heterocycles. The van der Waals surface area contributed by atoms with E-state index in [9.17, 15) is 4.79 Å². The van der Waals surface area contributed by atoms with Gasteiger partial charge >= 0.3 is 0 Å². The average Bonchev–Trinajstić information content (AvgIpc) is 3.22. The minimum Gasteiger partial charge on any atom is -0.493 e. The number of hydrogen-bond acceptors (Lipinski definition) is 7. The molecule has 0 spiro atoms. The van der Waals surface area contributed by atoms with Gasteiger partial charge < -0.3 is 29.3 Å². The van der Waals surface area contributed by atoms with E-state index in [0.717, 1.165) is 40.9 Å². The first-order valence-corrected chi connectivity index (χ1v) is 10.5. The Hall–Kier alpha value is -3.45. The van der Waals surface area contributed by atoms with E-state index in [1.54, 1.807) is 33.7 Å². The van der Waals surface area contributed by atoms with Crippen LogP contribution in [0.15, 0.2) is 51.9 Å². The molecule has 1 heterocycles. The second kappa shape index (κ2) is 9.36. The van der Waals surface area contributed by atoms with Gasteiger partial charge in [0.05, 0.1) is 39.8 Å². The fraction of sp³-hybridized carbons (Fsp3) is 0.320. The Morgan fingerprint density at radius 1 is 1.06 bits per heavy atom. The summed E-state index contributed by atoms with van der Waals surface area (Å²) in [6.45, 7) is 0.428. The lowest BCUT2D eigenvalue weighted by Crippen LogP contribution is -2.17. The summed E-state index contributed by atoms with van der Waals surface area (Å²) in [4.78, 5) is 13.1. The standard InChI is InChI=1S/C25H28N2O5/c1-26-19-9-7-15-12-22(29-2)24(30-3)25(31-4)23(15)17-8-10-20(21(28)13-18(17)19)27-14-16-6-5-11-32-16/h5-6,8,10-13,19,26H,7,9,14H2,1-4H3,(H,27,28). The maximum absolute atomic E-state index is 13.1. The zero-order valence-corrected chi connectivity index (χ0v) is 18.8. The average molecular weight is 437 g/mol. The predicted molar refractivity (Wildman–Crippen MR) is 124 cm³/mol. The molecule has 0 amide bonds. The summed E-state index contributed by atoms with van der Waals surface area (Å²) >= 11 is 0. The lowest BCUT2D eigenvalue weighted by atomic mass is 9.95. The quantitative estimate of drug-likeness (QED) is 0.576. The summed E-state index contributed by atoms with van der Waals surface area (Å²) in [6.07, 6.45) is 3.24. The van der Waals surface area contributed by atoms with Gasteiger partial charge in [-0.05, 0) is 66.9 Å². The molecule has 2 aromatic carbocycles. The minimum absolute atomic E-state index is 0.0112. The molecule has 1 unspecified atom stereocenters. The molecule has 0 radical (unpaired) electrons.